The van der Waals surface area contributed by atoms with Crippen LogP contribution in [0.1, 0.15) is 43.5 Å². The van der Waals surface area contributed by atoms with E-state index in [4.69, 9.17) is 0 Å². The Labute approximate surface area is 189 Å². The molecule has 170 valence electrons. The second-order valence-corrected chi connectivity index (χ2v) is 10.9. The number of carbonyl (C=O) groups excluding carboxylic acids is 2. The van der Waals surface area contributed by atoms with Gasteiger partial charge in [0.1, 0.15) is 0 Å². The van der Waals surface area contributed by atoms with Gasteiger partial charge in [-0.1, -0.05) is 19.9 Å². The second kappa shape index (κ2) is 9.03. The third kappa shape index (κ3) is 4.71. The second-order valence-electron chi connectivity index (χ2n) is 8.95. The number of nitrogens with one attached hydrogen (secondary N) is 1. The number of piperidine rings is 1. The van der Waals surface area contributed by atoms with Gasteiger partial charge in [0, 0.05) is 43.0 Å². The van der Waals surface area contributed by atoms with Gasteiger partial charge in [0.25, 0.3) is 5.91 Å². The van der Waals surface area contributed by atoms with Crippen molar-refractivity contribution < 1.29 is 18.0 Å². The van der Waals surface area contributed by atoms with Crippen LogP contribution in [0.15, 0.2) is 53.4 Å². The van der Waals surface area contributed by atoms with Crippen molar-refractivity contribution in [1.29, 1.82) is 0 Å². The van der Waals surface area contributed by atoms with Crippen LogP contribution >= 0.6 is 0 Å². The Balaban J connectivity index is 1.46. The SMILES string of the molecule is CC1CC(C)CN(S(=O)(=O)c2ccc(C(=O)Nc3cccc(N4CCCC4=O)c3)cc2)C1. The number of rotatable bonds is 5. The van der Waals surface area contributed by atoms with E-state index in [1.807, 2.05) is 6.07 Å². The summed E-state index contributed by atoms with van der Waals surface area (Å²) >= 11 is 0. The number of nitrogens with zero attached hydrogens (tertiary/aromatic N) is 2. The topological polar surface area (TPSA) is 86.8 Å². The lowest BCUT2D eigenvalue weighted by Crippen LogP contribution is -2.42. The molecule has 2 atom stereocenters. The molecular formula is C24H29N3O4S. The Morgan fingerprint density at radius 2 is 1.72 bits per heavy atom. The molecule has 0 aliphatic carbocycles. The lowest BCUT2D eigenvalue weighted by Gasteiger charge is -2.34. The van der Waals surface area contributed by atoms with Gasteiger partial charge in [0.2, 0.25) is 15.9 Å². The fourth-order valence-corrected chi connectivity index (χ4v) is 6.28. The van der Waals surface area contributed by atoms with E-state index < -0.39 is 10.0 Å². The third-order valence-electron chi connectivity index (χ3n) is 6.08. The van der Waals surface area contributed by atoms with E-state index in [1.165, 1.54) is 24.3 Å². The summed E-state index contributed by atoms with van der Waals surface area (Å²) in [6.07, 6.45) is 2.40. The maximum Gasteiger partial charge on any atom is 0.255 e. The van der Waals surface area contributed by atoms with E-state index in [9.17, 15) is 18.0 Å². The van der Waals surface area contributed by atoms with Crippen LogP contribution in [-0.4, -0.2) is 44.2 Å². The maximum atomic E-state index is 13.0. The molecule has 2 unspecified atom stereocenters. The normalized spacial score (nSPS) is 22.2. The van der Waals surface area contributed by atoms with Gasteiger partial charge in [-0.15, -0.1) is 0 Å². The quantitative estimate of drug-likeness (QED) is 0.744. The van der Waals surface area contributed by atoms with Gasteiger partial charge in [0.05, 0.1) is 4.90 Å². The van der Waals surface area contributed by atoms with Crippen LogP contribution in [0.4, 0.5) is 11.4 Å². The first-order valence-electron chi connectivity index (χ1n) is 11.1. The maximum absolute atomic E-state index is 13.0. The van der Waals surface area contributed by atoms with Crippen molar-refractivity contribution in [3.63, 3.8) is 0 Å². The molecule has 32 heavy (non-hydrogen) atoms. The highest BCUT2D eigenvalue weighted by Crippen LogP contribution is 2.27. The van der Waals surface area contributed by atoms with Crippen molar-refractivity contribution in [2.24, 2.45) is 11.8 Å². The van der Waals surface area contributed by atoms with Gasteiger partial charge in [-0.2, -0.15) is 4.31 Å². The highest BCUT2D eigenvalue weighted by Gasteiger charge is 2.31. The monoisotopic (exact) mass is 455 g/mol. The van der Waals surface area contributed by atoms with E-state index >= 15 is 0 Å². The Kier molecular flexibility index (Phi) is 6.35. The molecule has 0 saturated carbocycles. The Morgan fingerprint density at radius 1 is 1.03 bits per heavy atom. The molecule has 0 spiro atoms. The molecule has 0 bridgehead atoms. The molecule has 2 aromatic carbocycles. The van der Waals surface area contributed by atoms with Crippen LogP contribution < -0.4 is 10.2 Å². The largest absolute Gasteiger partial charge is 0.322 e. The number of anilines is 2. The van der Waals surface area contributed by atoms with Crippen LogP contribution in [0.25, 0.3) is 0 Å². The lowest BCUT2D eigenvalue weighted by atomic mass is 9.94. The summed E-state index contributed by atoms with van der Waals surface area (Å²) in [5, 5.41) is 2.83. The number of amides is 2. The third-order valence-corrected chi connectivity index (χ3v) is 7.92. The van der Waals surface area contributed by atoms with Gasteiger partial charge in [-0.25, -0.2) is 8.42 Å². The number of hydrogen-bond acceptors (Lipinski definition) is 4. The first-order chi connectivity index (χ1) is 15.2. The molecule has 2 heterocycles. The molecule has 8 heteroatoms. The minimum Gasteiger partial charge on any atom is -0.322 e. The van der Waals surface area contributed by atoms with Crippen LogP contribution in [0.2, 0.25) is 0 Å². The molecule has 2 aliphatic rings. The zero-order valence-corrected chi connectivity index (χ0v) is 19.3. The average Bonchev–Trinajstić information content (AvgIpc) is 3.19. The van der Waals surface area contributed by atoms with Crippen molar-refractivity contribution in [3.05, 3.63) is 54.1 Å². The van der Waals surface area contributed by atoms with Crippen molar-refractivity contribution in [2.45, 2.75) is 38.0 Å². The van der Waals surface area contributed by atoms with Crippen LogP contribution in [0.5, 0.6) is 0 Å². The number of carbonyl (C=O) groups is 2. The van der Waals surface area contributed by atoms with Gasteiger partial charge in [-0.3, -0.25) is 9.59 Å². The van der Waals surface area contributed by atoms with Crippen LogP contribution in [-0.2, 0) is 14.8 Å². The van der Waals surface area contributed by atoms with E-state index in [2.05, 4.69) is 19.2 Å². The van der Waals surface area contributed by atoms with Crippen molar-refractivity contribution in [1.82, 2.24) is 4.31 Å². The number of sulfonamides is 1. The smallest absolute Gasteiger partial charge is 0.255 e. The fraction of sp³-hybridized carbons (Fsp3) is 0.417. The highest BCUT2D eigenvalue weighted by molar-refractivity contribution is 7.89. The van der Waals surface area contributed by atoms with Gasteiger partial charge < -0.3 is 10.2 Å². The zero-order chi connectivity index (χ0) is 22.9. The minimum atomic E-state index is -3.59. The Bertz CT molecular complexity index is 1100. The summed E-state index contributed by atoms with van der Waals surface area (Å²) in [7, 11) is -3.59. The van der Waals surface area contributed by atoms with E-state index in [1.54, 1.807) is 27.4 Å². The minimum absolute atomic E-state index is 0.0859. The molecule has 2 fully saturated rings. The summed E-state index contributed by atoms with van der Waals surface area (Å²) in [5.74, 6) is 0.400. The molecule has 0 aromatic heterocycles. The summed E-state index contributed by atoms with van der Waals surface area (Å²) in [5.41, 5.74) is 1.71. The predicted molar refractivity (Wildman–Crippen MR) is 124 cm³/mol. The first kappa shape index (κ1) is 22.5. The standard InChI is InChI=1S/C24H29N3O4S/c1-17-13-18(2)16-26(15-17)32(30,31)22-10-8-19(9-11-22)24(29)25-20-5-3-6-21(14-20)27-12-4-7-23(27)28/h3,5-6,8-11,14,17-18H,4,7,12-13,15-16H2,1-2H3,(H,25,29). The fourth-order valence-electron chi connectivity index (χ4n) is 4.61. The molecular weight excluding hydrogens is 426 g/mol. The molecule has 2 aromatic rings. The summed E-state index contributed by atoms with van der Waals surface area (Å²) in [6.45, 7) is 5.86. The molecule has 7 nitrogen and oxygen atoms in total. The van der Waals surface area contributed by atoms with Crippen LogP contribution in [0.3, 0.4) is 0 Å². The number of benzene rings is 2. The molecule has 2 amide bonds. The Morgan fingerprint density at radius 3 is 2.34 bits per heavy atom. The predicted octanol–water partition coefficient (Wildman–Crippen LogP) is 3.73. The molecule has 2 saturated heterocycles. The summed E-state index contributed by atoms with van der Waals surface area (Å²) < 4.78 is 27.6. The van der Waals surface area contributed by atoms with Crippen LogP contribution in [0, 0.1) is 11.8 Å². The van der Waals surface area contributed by atoms with E-state index in [-0.39, 0.29) is 16.7 Å². The molecule has 4 rings (SSSR count). The van der Waals surface area contributed by atoms with E-state index in [0.29, 0.717) is 49.1 Å². The molecule has 0 radical (unpaired) electrons. The van der Waals surface area contributed by atoms with Crippen molar-refractivity contribution in [3.8, 4) is 0 Å². The van der Waals surface area contributed by atoms with E-state index in [0.717, 1.165) is 18.5 Å². The van der Waals surface area contributed by atoms with Crippen molar-refractivity contribution in [2.75, 3.05) is 29.9 Å². The van der Waals surface area contributed by atoms with Gasteiger partial charge in [0.15, 0.2) is 0 Å². The Hall–Kier alpha value is -2.71. The summed E-state index contributed by atoms with van der Waals surface area (Å²) in [6, 6.07) is 13.2. The molecule has 2 aliphatic heterocycles. The average molecular weight is 456 g/mol. The number of hydrogen-bond donors (Lipinski definition) is 1. The zero-order valence-electron chi connectivity index (χ0n) is 18.5. The van der Waals surface area contributed by atoms with Gasteiger partial charge in [-0.05, 0) is 67.1 Å². The van der Waals surface area contributed by atoms with Crippen molar-refractivity contribution >= 4 is 33.2 Å². The first-order valence-corrected chi connectivity index (χ1v) is 12.5. The highest BCUT2D eigenvalue weighted by atomic mass is 32.2. The lowest BCUT2D eigenvalue weighted by molar-refractivity contribution is -0.117. The van der Waals surface area contributed by atoms with Gasteiger partial charge >= 0.3 is 0 Å². The molecule has 1 N–H and O–H groups in total. The summed E-state index contributed by atoms with van der Waals surface area (Å²) in [4.78, 5) is 26.6.